The van der Waals surface area contributed by atoms with Gasteiger partial charge in [-0.15, -0.1) is 12.4 Å². The summed E-state index contributed by atoms with van der Waals surface area (Å²) in [5.74, 6) is 0. The predicted molar refractivity (Wildman–Crippen MR) is 68.1 cm³/mol. The first-order chi connectivity index (χ1) is 6.74. The van der Waals surface area contributed by atoms with E-state index in [0.29, 0.717) is 6.54 Å². The molecule has 0 spiro atoms. The topological polar surface area (TPSA) is 41.8 Å². The number of nitrogens with one attached hydrogen (secondary N) is 1. The van der Waals surface area contributed by atoms with Crippen molar-refractivity contribution in [3.05, 3.63) is 34.5 Å². The zero-order valence-electron chi connectivity index (χ0n) is 8.51. The van der Waals surface area contributed by atoms with Crippen LogP contribution < -0.4 is 5.73 Å². The van der Waals surface area contributed by atoms with E-state index in [-0.39, 0.29) is 12.4 Å². The highest BCUT2D eigenvalue weighted by Gasteiger charge is 2.08. The molecule has 15 heavy (non-hydrogen) atoms. The van der Waals surface area contributed by atoms with Crippen molar-refractivity contribution in [3.8, 4) is 0 Å². The van der Waals surface area contributed by atoms with Crippen molar-refractivity contribution in [3.63, 3.8) is 0 Å². The maximum absolute atomic E-state index is 6.08. The molecule has 2 rings (SSSR count). The third-order valence-electron chi connectivity index (χ3n) is 2.50. The fraction of sp³-hybridized carbons (Fsp3) is 0.273. The molecule has 0 radical (unpaired) electrons. The maximum Gasteiger partial charge on any atom is 0.0648 e. The average molecular weight is 245 g/mol. The second kappa shape index (κ2) is 4.88. The average Bonchev–Trinajstić information content (AvgIpc) is 2.47. The fourth-order valence-electron chi connectivity index (χ4n) is 1.83. The third kappa shape index (κ3) is 2.12. The van der Waals surface area contributed by atoms with Gasteiger partial charge in [0.2, 0.25) is 0 Å². The van der Waals surface area contributed by atoms with Gasteiger partial charge in [-0.25, -0.2) is 0 Å². The molecule has 0 aliphatic carbocycles. The SMILES string of the molecule is Cc1[nH]c2c(Cl)cccc2c1CCN.Cl. The lowest BCUT2D eigenvalue weighted by molar-refractivity contribution is 0.963. The number of halogens is 2. The Bertz CT molecular complexity index is 463. The van der Waals surface area contributed by atoms with Crippen LogP contribution in [0.5, 0.6) is 0 Å². The minimum Gasteiger partial charge on any atom is -0.357 e. The van der Waals surface area contributed by atoms with E-state index in [1.165, 1.54) is 16.6 Å². The van der Waals surface area contributed by atoms with Gasteiger partial charge in [0.05, 0.1) is 10.5 Å². The number of nitrogens with two attached hydrogens (primary N) is 1. The molecule has 0 aliphatic heterocycles. The van der Waals surface area contributed by atoms with Crippen LogP contribution in [0.3, 0.4) is 0 Å². The van der Waals surface area contributed by atoms with Gasteiger partial charge in [-0.2, -0.15) is 0 Å². The molecule has 0 bridgehead atoms. The van der Waals surface area contributed by atoms with Crippen molar-refractivity contribution in [2.45, 2.75) is 13.3 Å². The fourth-order valence-corrected chi connectivity index (χ4v) is 2.06. The van der Waals surface area contributed by atoms with Crippen LogP contribution in [0.25, 0.3) is 10.9 Å². The van der Waals surface area contributed by atoms with Crippen molar-refractivity contribution < 1.29 is 0 Å². The first-order valence-corrected chi connectivity index (χ1v) is 5.07. The van der Waals surface area contributed by atoms with Gasteiger partial charge in [-0.1, -0.05) is 23.7 Å². The summed E-state index contributed by atoms with van der Waals surface area (Å²) in [5, 5.41) is 1.97. The second-order valence-corrected chi connectivity index (χ2v) is 3.84. The number of rotatable bonds is 2. The Balaban J connectivity index is 0.00000112. The Morgan fingerprint density at radius 3 is 2.80 bits per heavy atom. The number of hydrogen-bond donors (Lipinski definition) is 2. The molecular weight excluding hydrogens is 231 g/mol. The van der Waals surface area contributed by atoms with E-state index in [0.717, 1.165) is 17.0 Å². The number of para-hydroxylation sites is 1. The minimum atomic E-state index is 0. The Labute approximate surface area is 100 Å². The van der Waals surface area contributed by atoms with Crippen LogP contribution in [0.2, 0.25) is 5.02 Å². The summed E-state index contributed by atoms with van der Waals surface area (Å²) in [6.07, 6.45) is 0.895. The van der Waals surface area contributed by atoms with E-state index in [1.807, 2.05) is 12.1 Å². The number of aryl methyl sites for hydroxylation is 1. The lowest BCUT2D eigenvalue weighted by atomic mass is 10.1. The molecule has 0 aliphatic rings. The molecule has 1 heterocycles. The van der Waals surface area contributed by atoms with Gasteiger partial charge < -0.3 is 10.7 Å². The summed E-state index contributed by atoms with van der Waals surface area (Å²) in [6.45, 7) is 2.72. The lowest BCUT2D eigenvalue weighted by Crippen LogP contribution is -2.03. The van der Waals surface area contributed by atoms with E-state index in [9.17, 15) is 0 Å². The highest BCUT2D eigenvalue weighted by molar-refractivity contribution is 6.35. The molecular formula is C11H14Cl2N2. The molecule has 82 valence electrons. The highest BCUT2D eigenvalue weighted by atomic mass is 35.5. The van der Waals surface area contributed by atoms with Gasteiger partial charge >= 0.3 is 0 Å². The summed E-state index contributed by atoms with van der Waals surface area (Å²) in [7, 11) is 0. The number of H-pyrrole nitrogens is 1. The van der Waals surface area contributed by atoms with E-state index < -0.39 is 0 Å². The maximum atomic E-state index is 6.08. The molecule has 1 aromatic carbocycles. The van der Waals surface area contributed by atoms with Gasteiger partial charge in [0, 0.05) is 11.1 Å². The van der Waals surface area contributed by atoms with Crippen molar-refractivity contribution in [1.29, 1.82) is 0 Å². The van der Waals surface area contributed by atoms with Crippen molar-refractivity contribution >= 4 is 34.9 Å². The standard InChI is InChI=1S/C11H13ClN2.ClH/c1-7-8(5-6-13)9-3-2-4-10(12)11(9)14-7;/h2-4,14H,5-6,13H2,1H3;1H. The zero-order chi connectivity index (χ0) is 10.1. The minimum absolute atomic E-state index is 0. The molecule has 0 atom stereocenters. The smallest absolute Gasteiger partial charge is 0.0648 e. The molecule has 3 N–H and O–H groups in total. The number of aromatic nitrogens is 1. The predicted octanol–water partition coefficient (Wildman–Crippen LogP) is 3.05. The van der Waals surface area contributed by atoms with Gasteiger partial charge in [0.1, 0.15) is 0 Å². The summed E-state index contributed by atoms with van der Waals surface area (Å²) < 4.78 is 0. The van der Waals surface area contributed by atoms with Gasteiger partial charge in [0.25, 0.3) is 0 Å². The van der Waals surface area contributed by atoms with Crippen molar-refractivity contribution in [1.82, 2.24) is 4.98 Å². The van der Waals surface area contributed by atoms with Gasteiger partial charge in [0.15, 0.2) is 0 Å². The van der Waals surface area contributed by atoms with E-state index in [2.05, 4.69) is 18.0 Å². The summed E-state index contributed by atoms with van der Waals surface area (Å²) >= 11 is 6.08. The Kier molecular flexibility index (Phi) is 4.03. The molecule has 0 saturated heterocycles. The number of fused-ring (bicyclic) bond motifs is 1. The molecule has 0 unspecified atom stereocenters. The number of hydrogen-bond acceptors (Lipinski definition) is 1. The molecule has 2 nitrogen and oxygen atoms in total. The Morgan fingerprint density at radius 2 is 2.13 bits per heavy atom. The first-order valence-electron chi connectivity index (χ1n) is 4.69. The van der Waals surface area contributed by atoms with E-state index in [4.69, 9.17) is 17.3 Å². The normalized spacial score (nSPS) is 10.3. The molecule has 2 aromatic rings. The van der Waals surface area contributed by atoms with Crippen LogP contribution in [0.15, 0.2) is 18.2 Å². The Morgan fingerprint density at radius 1 is 1.40 bits per heavy atom. The number of benzene rings is 1. The second-order valence-electron chi connectivity index (χ2n) is 3.43. The van der Waals surface area contributed by atoms with Crippen LogP contribution in [-0.4, -0.2) is 11.5 Å². The molecule has 0 fully saturated rings. The van der Waals surface area contributed by atoms with Crippen LogP contribution in [0, 0.1) is 6.92 Å². The molecule has 0 amide bonds. The van der Waals surface area contributed by atoms with Crippen molar-refractivity contribution in [2.75, 3.05) is 6.54 Å². The van der Waals surface area contributed by atoms with Crippen LogP contribution >= 0.6 is 24.0 Å². The van der Waals surface area contributed by atoms with Crippen molar-refractivity contribution in [2.24, 2.45) is 5.73 Å². The van der Waals surface area contributed by atoms with Crippen LogP contribution in [0.1, 0.15) is 11.3 Å². The molecule has 0 saturated carbocycles. The van der Waals surface area contributed by atoms with E-state index in [1.54, 1.807) is 0 Å². The summed E-state index contributed by atoms with van der Waals surface area (Å²) in [6, 6.07) is 5.94. The zero-order valence-corrected chi connectivity index (χ0v) is 10.1. The largest absolute Gasteiger partial charge is 0.357 e. The molecule has 1 aromatic heterocycles. The van der Waals surface area contributed by atoms with Crippen LogP contribution in [0.4, 0.5) is 0 Å². The quantitative estimate of drug-likeness (QED) is 0.838. The third-order valence-corrected chi connectivity index (χ3v) is 2.81. The Hall–Kier alpha value is -0.700. The molecule has 4 heteroatoms. The van der Waals surface area contributed by atoms with Gasteiger partial charge in [-0.3, -0.25) is 0 Å². The highest BCUT2D eigenvalue weighted by Crippen LogP contribution is 2.27. The number of aromatic amines is 1. The summed E-state index contributed by atoms with van der Waals surface area (Å²) in [5.41, 5.74) is 9.04. The van der Waals surface area contributed by atoms with E-state index >= 15 is 0 Å². The monoisotopic (exact) mass is 244 g/mol. The lowest BCUT2D eigenvalue weighted by Gasteiger charge is -1.97. The summed E-state index contributed by atoms with van der Waals surface area (Å²) in [4.78, 5) is 3.29. The first kappa shape index (κ1) is 12.4. The van der Waals surface area contributed by atoms with Crippen LogP contribution in [-0.2, 0) is 6.42 Å². The van der Waals surface area contributed by atoms with Gasteiger partial charge in [-0.05, 0) is 31.5 Å².